The largest absolute Gasteiger partial charge is 0.451 e. The van der Waals surface area contributed by atoms with E-state index in [1.165, 1.54) is 12.1 Å². The molecule has 0 radical (unpaired) electrons. The number of nitrogens with zero attached hydrogens (tertiary/aromatic N) is 2. The molecule has 1 atom stereocenters. The molecule has 0 saturated carbocycles. The lowest BCUT2D eigenvalue weighted by molar-refractivity contribution is -0.147. The molecule has 2 aromatic heterocycles. The number of carbonyl (C=O) groups excluding carboxylic acids is 1. The molecule has 0 bridgehead atoms. The third-order valence-corrected chi connectivity index (χ3v) is 4.81. The molecule has 2 aromatic carbocycles. The van der Waals surface area contributed by atoms with E-state index < -0.39 is 17.9 Å². The zero-order valence-corrected chi connectivity index (χ0v) is 16.6. The topological polar surface area (TPSA) is 84.9 Å². The molecule has 1 N–H and O–H groups in total. The van der Waals surface area contributed by atoms with Crippen LogP contribution in [0.1, 0.15) is 36.0 Å². The number of carbonyl (C=O) groups is 1. The van der Waals surface area contributed by atoms with E-state index in [0.717, 1.165) is 0 Å². The molecule has 4 aromatic rings. The number of rotatable bonds is 7. The van der Waals surface area contributed by atoms with Crippen LogP contribution in [0.4, 0.5) is 4.39 Å². The van der Waals surface area contributed by atoms with Crippen LogP contribution in [0, 0.1) is 5.82 Å². The summed E-state index contributed by atoms with van der Waals surface area (Å²) in [4.78, 5) is 36.1. The van der Waals surface area contributed by atoms with Gasteiger partial charge in [-0.3, -0.25) is 14.6 Å². The Balaban J connectivity index is 1.43. The molecule has 0 fully saturated rings. The minimum atomic E-state index is -0.803. The van der Waals surface area contributed by atoms with Crippen molar-refractivity contribution in [1.29, 1.82) is 0 Å². The summed E-state index contributed by atoms with van der Waals surface area (Å²) in [5.74, 6) is -0.341. The molecule has 0 aliphatic heterocycles. The van der Waals surface area contributed by atoms with Crippen molar-refractivity contribution >= 4 is 16.9 Å². The van der Waals surface area contributed by atoms with E-state index in [-0.39, 0.29) is 12.0 Å². The molecular formula is C24H20FN3O3. The second kappa shape index (κ2) is 9.30. The number of ether oxygens (including phenoxy) is 1. The van der Waals surface area contributed by atoms with E-state index in [1.807, 2.05) is 6.07 Å². The Morgan fingerprint density at radius 1 is 1.06 bits per heavy atom. The highest BCUT2D eigenvalue weighted by molar-refractivity contribution is 5.77. The van der Waals surface area contributed by atoms with Crippen molar-refractivity contribution in [2.24, 2.45) is 0 Å². The van der Waals surface area contributed by atoms with Gasteiger partial charge in [0.15, 0.2) is 6.10 Å². The maximum atomic E-state index is 13.7. The van der Waals surface area contributed by atoms with Gasteiger partial charge in [0.2, 0.25) is 0 Å². The van der Waals surface area contributed by atoms with Crippen molar-refractivity contribution in [1.82, 2.24) is 15.0 Å². The smallest absolute Gasteiger partial charge is 0.306 e. The zero-order chi connectivity index (χ0) is 21.6. The first kappa shape index (κ1) is 20.4. The first-order chi connectivity index (χ1) is 15.1. The molecule has 0 amide bonds. The van der Waals surface area contributed by atoms with E-state index in [4.69, 9.17) is 4.74 Å². The van der Waals surface area contributed by atoms with Crippen molar-refractivity contribution < 1.29 is 13.9 Å². The van der Waals surface area contributed by atoms with Gasteiger partial charge in [-0.05, 0) is 42.8 Å². The summed E-state index contributed by atoms with van der Waals surface area (Å²) >= 11 is 0. The predicted octanol–water partition coefficient (Wildman–Crippen LogP) is 4.11. The average molecular weight is 417 g/mol. The summed E-state index contributed by atoms with van der Waals surface area (Å²) in [5, 5.41) is 0.527. The quantitative estimate of drug-likeness (QED) is 0.458. The van der Waals surface area contributed by atoms with Crippen molar-refractivity contribution in [3.05, 3.63) is 106 Å². The van der Waals surface area contributed by atoms with Gasteiger partial charge in [0, 0.05) is 24.6 Å². The van der Waals surface area contributed by atoms with Gasteiger partial charge in [-0.1, -0.05) is 30.3 Å². The molecule has 6 nitrogen and oxygen atoms in total. The number of halogens is 1. The van der Waals surface area contributed by atoms with Gasteiger partial charge in [-0.25, -0.2) is 9.37 Å². The van der Waals surface area contributed by atoms with E-state index in [1.54, 1.807) is 54.7 Å². The monoisotopic (exact) mass is 417 g/mol. The van der Waals surface area contributed by atoms with Gasteiger partial charge in [0.25, 0.3) is 5.56 Å². The van der Waals surface area contributed by atoms with Gasteiger partial charge in [-0.15, -0.1) is 0 Å². The molecule has 7 heteroatoms. The number of pyridine rings is 1. The Hall–Kier alpha value is -3.87. The number of esters is 1. The summed E-state index contributed by atoms with van der Waals surface area (Å²) in [6.07, 6.45) is 1.77. The third kappa shape index (κ3) is 5.01. The normalized spacial score (nSPS) is 11.9. The minimum absolute atomic E-state index is 0.120. The highest BCUT2D eigenvalue weighted by Gasteiger charge is 2.20. The Morgan fingerprint density at radius 2 is 1.90 bits per heavy atom. The van der Waals surface area contributed by atoms with E-state index in [0.29, 0.717) is 40.8 Å². The van der Waals surface area contributed by atoms with Crippen LogP contribution in [-0.2, 0) is 16.0 Å². The van der Waals surface area contributed by atoms with Crippen LogP contribution in [0.5, 0.6) is 0 Å². The van der Waals surface area contributed by atoms with Crippen molar-refractivity contribution in [2.45, 2.75) is 25.4 Å². The Bertz CT molecular complexity index is 1260. The van der Waals surface area contributed by atoms with Crippen LogP contribution in [0.2, 0.25) is 0 Å². The van der Waals surface area contributed by atoms with E-state index in [2.05, 4.69) is 15.0 Å². The van der Waals surface area contributed by atoms with Crippen LogP contribution >= 0.6 is 0 Å². The summed E-state index contributed by atoms with van der Waals surface area (Å²) < 4.78 is 19.4. The number of para-hydroxylation sites is 1. The lowest BCUT2D eigenvalue weighted by atomic mass is 10.1. The van der Waals surface area contributed by atoms with Crippen molar-refractivity contribution in [2.75, 3.05) is 0 Å². The molecule has 0 aliphatic rings. The fourth-order valence-electron chi connectivity index (χ4n) is 3.34. The highest BCUT2D eigenvalue weighted by Crippen LogP contribution is 2.25. The summed E-state index contributed by atoms with van der Waals surface area (Å²) in [7, 11) is 0. The Kier molecular flexibility index (Phi) is 6.12. The highest BCUT2D eigenvalue weighted by atomic mass is 19.1. The van der Waals surface area contributed by atoms with E-state index >= 15 is 0 Å². The number of H-pyrrole nitrogens is 1. The standard InChI is InChI=1S/C24H20FN3O3/c25-17-8-5-7-16(15-17)23(20-11-3-4-14-26-20)31-22(29)13-6-12-21-27-19-10-2-1-9-18(19)24(30)28-21/h1-5,7-11,14-15,23H,6,12-13H2,(H,27,28,30). The first-order valence-electron chi connectivity index (χ1n) is 9.94. The molecule has 156 valence electrons. The van der Waals surface area contributed by atoms with Gasteiger partial charge >= 0.3 is 5.97 Å². The summed E-state index contributed by atoms with van der Waals surface area (Å²) in [5.41, 5.74) is 1.43. The first-order valence-corrected chi connectivity index (χ1v) is 9.94. The van der Waals surface area contributed by atoms with E-state index in [9.17, 15) is 14.0 Å². The maximum Gasteiger partial charge on any atom is 0.306 e. The number of nitrogens with one attached hydrogen (secondary N) is 1. The maximum absolute atomic E-state index is 13.7. The van der Waals surface area contributed by atoms with Crippen LogP contribution < -0.4 is 5.56 Å². The fourth-order valence-corrected chi connectivity index (χ4v) is 3.34. The second-order valence-electron chi connectivity index (χ2n) is 7.06. The lowest BCUT2D eigenvalue weighted by Gasteiger charge is -2.18. The Morgan fingerprint density at radius 3 is 2.71 bits per heavy atom. The number of fused-ring (bicyclic) bond motifs is 1. The molecule has 0 aliphatic carbocycles. The number of hydrogen-bond donors (Lipinski definition) is 1. The minimum Gasteiger partial charge on any atom is -0.451 e. The van der Waals surface area contributed by atoms with Gasteiger partial charge in [0.1, 0.15) is 11.6 Å². The average Bonchev–Trinajstić information content (AvgIpc) is 2.78. The van der Waals surface area contributed by atoms with Crippen molar-refractivity contribution in [3.63, 3.8) is 0 Å². The molecule has 2 heterocycles. The Labute approximate surface area is 177 Å². The predicted molar refractivity (Wildman–Crippen MR) is 114 cm³/mol. The molecule has 0 saturated heterocycles. The van der Waals surface area contributed by atoms with Gasteiger partial charge in [0.05, 0.1) is 16.6 Å². The molecule has 0 spiro atoms. The SMILES string of the molecule is O=C(CCCc1nc2ccccc2c(=O)[nH]1)OC(c1cccc(F)c1)c1ccccn1. The fraction of sp³-hybridized carbons (Fsp3) is 0.167. The molecule has 31 heavy (non-hydrogen) atoms. The summed E-state index contributed by atoms with van der Waals surface area (Å²) in [6.45, 7) is 0. The van der Waals surface area contributed by atoms with Crippen LogP contribution in [0.3, 0.4) is 0 Å². The lowest BCUT2D eigenvalue weighted by Crippen LogP contribution is -2.15. The summed E-state index contributed by atoms with van der Waals surface area (Å²) in [6, 6.07) is 18.3. The second-order valence-corrected chi connectivity index (χ2v) is 7.06. The number of aromatic amines is 1. The van der Waals surface area contributed by atoms with Gasteiger partial charge < -0.3 is 9.72 Å². The molecule has 1 unspecified atom stereocenters. The van der Waals surface area contributed by atoms with Crippen molar-refractivity contribution in [3.8, 4) is 0 Å². The van der Waals surface area contributed by atoms with Crippen LogP contribution in [0.25, 0.3) is 10.9 Å². The van der Waals surface area contributed by atoms with Crippen LogP contribution in [-0.4, -0.2) is 20.9 Å². The zero-order valence-electron chi connectivity index (χ0n) is 16.6. The number of hydrogen-bond acceptors (Lipinski definition) is 5. The number of aromatic nitrogens is 3. The van der Waals surface area contributed by atoms with Gasteiger partial charge in [-0.2, -0.15) is 0 Å². The molecule has 4 rings (SSSR count). The third-order valence-electron chi connectivity index (χ3n) is 4.81. The molecular weight excluding hydrogens is 397 g/mol. The number of benzene rings is 2. The van der Waals surface area contributed by atoms with Crippen LogP contribution in [0.15, 0.2) is 77.7 Å². The number of aryl methyl sites for hydroxylation is 1.